The van der Waals surface area contributed by atoms with Gasteiger partial charge in [-0.05, 0) is 46.3 Å². The van der Waals surface area contributed by atoms with Gasteiger partial charge in [0.1, 0.15) is 5.75 Å². The lowest BCUT2D eigenvalue weighted by Crippen LogP contribution is -2.35. The number of carbonyl (C=O) groups excluding carboxylic acids is 1. The predicted octanol–water partition coefficient (Wildman–Crippen LogP) is 4.43. The lowest BCUT2D eigenvalue weighted by atomic mass is 10.0. The van der Waals surface area contributed by atoms with Gasteiger partial charge in [0, 0.05) is 10.0 Å². The summed E-state index contributed by atoms with van der Waals surface area (Å²) in [6, 6.07) is 11.2. The molecule has 23 heavy (non-hydrogen) atoms. The Hall–Kier alpha value is -2.40. The second-order valence-corrected chi connectivity index (χ2v) is 6.23. The number of halogens is 1. The number of ketones is 1. The Balaban J connectivity index is 1.98. The molecule has 2 aromatic carbocycles. The van der Waals surface area contributed by atoms with E-state index in [2.05, 4.69) is 27.5 Å². The van der Waals surface area contributed by atoms with Gasteiger partial charge in [-0.2, -0.15) is 0 Å². The molecule has 0 unspecified atom stereocenters. The molecule has 0 saturated carbocycles. The Kier molecular flexibility index (Phi) is 3.13. The van der Waals surface area contributed by atoms with Crippen molar-refractivity contribution >= 4 is 38.9 Å². The average Bonchev–Trinajstić information content (AvgIpc) is 2.86. The van der Waals surface area contributed by atoms with E-state index in [0.29, 0.717) is 11.4 Å². The Morgan fingerprint density at radius 1 is 1.35 bits per heavy atom. The molecule has 2 heterocycles. The largest absolute Gasteiger partial charge is 0.497 e. The number of benzene rings is 2. The van der Waals surface area contributed by atoms with Crippen molar-refractivity contribution in [3.63, 3.8) is 0 Å². The number of Topliss-reactive ketones (excluding diaryl/α,β-unsaturated/α-hetero) is 1. The van der Waals surface area contributed by atoms with E-state index in [1.807, 2.05) is 47.4 Å². The molecule has 4 nitrogen and oxygen atoms in total. The van der Waals surface area contributed by atoms with Crippen LogP contribution in [0.1, 0.15) is 22.0 Å². The van der Waals surface area contributed by atoms with Crippen LogP contribution in [0.3, 0.4) is 0 Å². The third-order valence-electron chi connectivity index (χ3n) is 4.19. The van der Waals surface area contributed by atoms with Crippen LogP contribution in [0.2, 0.25) is 0 Å². The van der Waals surface area contributed by atoms with Crippen LogP contribution >= 0.6 is 15.9 Å². The summed E-state index contributed by atoms with van der Waals surface area (Å²) >= 11 is 3.47. The smallest absolute Gasteiger partial charge is 0.231 e. The molecule has 0 amide bonds. The van der Waals surface area contributed by atoms with Crippen molar-refractivity contribution in [3.8, 4) is 5.75 Å². The van der Waals surface area contributed by atoms with E-state index in [1.54, 1.807) is 7.11 Å². The van der Waals surface area contributed by atoms with Gasteiger partial charge in [0.2, 0.25) is 5.78 Å². The molecule has 0 aromatic heterocycles. The monoisotopic (exact) mass is 368 g/mol. The molecule has 0 bridgehead atoms. The first kappa shape index (κ1) is 14.2. The molecule has 0 N–H and O–H groups in total. The van der Waals surface area contributed by atoms with E-state index in [9.17, 15) is 4.79 Å². The van der Waals surface area contributed by atoms with Gasteiger partial charge in [-0.25, -0.2) is 4.99 Å². The van der Waals surface area contributed by atoms with E-state index >= 15 is 0 Å². The minimum Gasteiger partial charge on any atom is -0.497 e. The maximum Gasteiger partial charge on any atom is 0.231 e. The number of hydrogen-bond donors (Lipinski definition) is 0. The molecule has 114 valence electrons. The fourth-order valence-electron chi connectivity index (χ4n) is 3.14. The molecule has 0 fully saturated rings. The number of ether oxygens (including phenoxy) is 1. The summed E-state index contributed by atoms with van der Waals surface area (Å²) in [7, 11) is 1.63. The number of amidine groups is 1. The highest BCUT2D eigenvalue weighted by molar-refractivity contribution is 9.10. The molecule has 4 rings (SSSR count). The molecule has 2 aliphatic rings. The summed E-state index contributed by atoms with van der Waals surface area (Å²) in [6.45, 7) is 3.96. The third kappa shape index (κ3) is 1.90. The van der Waals surface area contributed by atoms with Crippen LogP contribution in [0, 0.1) is 0 Å². The molecule has 5 heteroatoms. The van der Waals surface area contributed by atoms with Crippen molar-refractivity contribution in [2.45, 2.75) is 6.04 Å². The van der Waals surface area contributed by atoms with Crippen molar-refractivity contribution in [1.82, 2.24) is 0 Å². The van der Waals surface area contributed by atoms with Crippen LogP contribution in [-0.2, 0) is 0 Å². The van der Waals surface area contributed by atoms with Crippen LogP contribution in [0.4, 0.5) is 11.4 Å². The van der Waals surface area contributed by atoms with E-state index in [-0.39, 0.29) is 11.8 Å². The molecule has 0 aliphatic carbocycles. The molecular weight excluding hydrogens is 356 g/mol. The Labute approximate surface area is 142 Å². The van der Waals surface area contributed by atoms with Crippen LogP contribution in [0.5, 0.6) is 5.75 Å². The number of aliphatic imine (C=N–C) groups is 1. The first-order chi connectivity index (χ1) is 11.2. The second kappa shape index (κ2) is 5.06. The van der Waals surface area contributed by atoms with Gasteiger partial charge in [0.25, 0.3) is 0 Å². The maximum atomic E-state index is 12.8. The van der Waals surface area contributed by atoms with Gasteiger partial charge >= 0.3 is 0 Å². The number of rotatable bonds is 2. The topological polar surface area (TPSA) is 41.9 Å². The number of fused-ring (bicyclic) bond motifs is 4. The van der Waals surface area contributed by atoms with E-state index in [4.69, 9.17) is 4.74 Å². The molecule has 2 aromatic rings. The molecule has 0 spiro atoms. The van der Waals surface area contributed by atoms with Gasteiger partial charge in [-0.3, -0.25) is 4.79 Å². The first-order valence-electron chi connectivity index (χ1n) is 7.17. The van der Waals surface area contributed by atoms with Crippen molar-refractivity contribution < 1.29 is 9.53 Å². The van der Waals surface area contributed by atoms with Crippen LogP contribution in [0.25, 0.3) is 0 Å². The summed E-state index contributed by atoms with van der Waals surface area (Å²) in [5.41, 5.74) is 3.25. The van der Waals surface area contributed by atoms with E-state index in [0.717, 1.165) is 27.2 Å². The molecule has 1 atom stereocenters. The number of nitrogens with zero attached hydrogens (tertiary/aromatic N) is 2. The fraction of sp³-hybridized carbons (Fsp3) is 0.111. The van der Waals surface area contributed by atoms with Crippen molar-refractivity contribution in [1.29, 1.82) is 0 Å². The Morgan fingerprint density at radius 2 is 2.17 bits per heavy atom. The number of anilines is 1. The lowest BCUT2D eigenvalue weighted by Gasteiger charge is -2.32. The molecular formula is C18H13BrN2O2. The van der Waals surface area contributed by atoms with Crippen molar-refractivity contribution in [2.75, 3.05) is 12.0 Å². The summed E-state index contributed by atoms with van der Waals surface area (Å²) in [5, 5.41) is 0. The maximum absolute atomic E-state index is 12.8. The minimum atomic E-state index is -0.160. The van der Waals surface area contributed by atoms with Crippen molar-refractivity contribution in [3.05, 3.63) is 64.7 Å². The molecule has 0 saturated heterocycles. The zero-order valence-corrected chi connectivity index (χ0v) is 14.0. The number of hydrogen-bond acceptors (Lipinski definition) is 4. The van der Waals surface area contributed by atoms with Crippen LogP contribution in [-0.4, -0.2) is 18.7 Å². The third-order valence-corrected chi connectivity index (χ3v) is 4.85. The van der Waals surface area contributed by atoms with Crippen molar-refractivity contribution in [2.24, 2.45) is 4.99 Å². The summed E-state index contributed by atoms with van der Waals surface area (Å²) in [6.07, 6.45) is 1.83. The second-order valence-electron chi connectivity index (χ2n) is 5.37. The van der Waals surface area contributed by atoms with Gasteiger partial charge in [0.05, 0.1) is 30.1 Å². The Morgan fingerprint density at radius 3 is 2.91 bits per heavy atom. The highest BCUT2D eigenvalue weighted by Crippen LogP contribution is 2.46. The first-order valence-corrected chi connectivity index (χ1v) is 7.96. The lowest BCUT2D eigenvalue weighted by molar-refractivity contribution is 0.106. The summed E-state index contributed by atoms with van der Waals surface area (Å²) in [4.78, 5) is 19.3. The predicted molar refractivity (Wildman–Crippen MR) is 94.0 cm³/mol. The number of carbonyl (C=O) groups is 1. The zero-order chi connectivity index (χ0) is 16.1. The molecule has 2 aliphatic heterocycles. The summed E-state index contributed by atoms with van der Waals surface area (Å²) < 4.78 is 6.10. The minimum absolute atomic E-state index is 0.0687. The zero-order valence-electron chi connectivity index (χ0n) is 12.4. The van der Waals surface area contributed by atoms with Crippen LogP contribution < -0.4 is 9.64 Å². The normalized spacial score (nSPS) is 18.0. The molecule has 0 radical (unpaired) electrons. The van der Waals surface area contributed by atoms with E-state index < -0.39 is 0 Å². The summed E-state index contributed by atoms with van der Waals surface area (Å²) in [5.74, 6) is 1.13. The van der Waals surface area contributed by atoms with Gasteiger partial charge in [0.15, 0.2) is 5.84 Å². The van der Waals surface area contributed by atoms with Gasteiger partial charge in [-0.15, -0.1) is 6.58 Å². The van der Waals surface area contributed by atoms with E-state index in [1.165, 1.54) is 0 Å². The van der Waals surface area contributed by atoms with Crippen LogP contribution in [0.15, 0.2) is 58.5 Å². The SMILES string of the molecule is C=C[C@H]1c2cc(OC)ccc2N=C2C(=O)c3c(Br)cccc3N21. The standard InChI is InChI=1S/C18H13BrN2O2/c1-3-14-11-9-10(23-2)7-8-13(11)20-18-17(22)16-12(19)5-4-6-15(16)21(14)18/h3-9,14H,1H2,2H3/t14-/m0/s1. The van der Waals surface area contributed by atoms with Gasteiger partial charge < -0.3 is 9.64 Å². The van der Waals surface area contributed by atoms with Gasteiger partial charge in [-0.1, -0.05) is 12.1 Å². The number of methoxy groups -OCH3 is 1. The highest BCUT2D eigenvalue weighted by Gasteiger charge is 2.42. The Bertz CT molecular complexity index is 889. The highest BCUT2D eigenvalue weighted by atomic mass is 79.9. The fourth-order valence-corrected chi connectivity index (χ4v) is 3.68. The average molecular weight is 369 g/mol. The quantitative estimate of drug-likeness (QED) is 0.736.